The average molecular weight is 552 g/mol. The normalized spacial score (nSPS) is 11.4. The van der Waals surface area contributed by atoms with E-state index < -0.39 is 11.8 Å². The molecule has 9 nitrogen and oxygen atoms in total. The summed E-state index contributed by atoms with van der Waals surface area (Å²) in [7, 11) is 0. The Morgan fingerprint density at radius 2 is 1.87 bits per heavy atom. The van der Waals surface area contributed by atoms with Crippen molar-refractivity contribution in [2.24, 2.45) is 11.1 Å². The van der Waals surface area contributed by atoms with Gasteiger partial charge in [-0.15, -0.1) is 22.7 Å². The molecule has 0 saturated heterocycles. The van der Waals surface area contributed by atoms with Crippen molar-refractivity contribution in [2.45, 2.75) is 40.3 Å². The molecule has 3 amide bonds. The third kappa shape index (κ3) is 6.53. The van der Waals surface area contributed by atoms with Crippen LogP contribution in [0.15, 0.2) is 58.3 Å². The Balaban J connectivity index is 1.54. The number of amides is 3. The number of nitrogens with one attached hydrogen (secondary N) is 1. The molecule has 0 saturated carbocycles. The van der Waals surface area contributed by atoms with E-state index in [1.165, 1.54) is 38.5 Å². The molecule has 0 atom stereocenters. The number of hydrogen-bond donors (Lipinski definition) is 2. The van der Waals surface area contributed by atoms with Gasteiger partial charge in [-0.25, -0.2) is 4.98 Å². The zero-order valence-electron chi connectivity index (χ0n) is 21.4. The van der Waals surface area contributed by atoms with E-state index in [-0.39, 0.29) is 42.9 Å². The SMILES string of the molecule is CC(C)(C)CC(=O)N(CC(N)=O)Cc1ccccc1NC(=O)Cn1cnc2scc(-c3cccs3)c2c1=O. The Kier molecular flexibility index (Phi) is 8.08. The summed E-state index contributed by atoms with van der Waals surface area (Å²) in [5, 5.41) is 7.18. The van der Waals surface area contributed by atoms with Crippen LogP contribution in [0.1, 0.15) is 32.8 Å². The molecule has 0 bridgehead atoms. The topological polar surface area (TPSA) is 127 Å². The van der Waals surface area contributed by atoms with E-state index in [4.69, 9.17) is 5.73 Å². The van der Waals surface area contributed by atoms with Gasteiger partial charge < -0.3 is 16.0 Å². The highest BCUT2D eigenvalue weighted by Crippen LogP contribution is 2.33. The maximum absolute atomic E-state index is 13.3. The second kappa shape index (κ2) is 11.3. The van der Waals surface area contributed by atoms with Gasteiger partial charge in [0.15, 0.2) is 0 Å². The summed E-state index contributed by atoms with van der Waals surface area (Å²) in [6.45, 7) is 5.45. The van der Waals surface area contributed by atoms with Crippen molar-refractivity contribution in [1.82, 2.24) is 14.5 Å². The van der Waals surface area contributed by atoms with Crippen LogP contribution in [-0.2, 0) is 27.5 Å². The monoisotopic (exact) mass is 551 g/mol. The molecule has 4 aromatic rings. The largest absolute Gasteiger partial charge is 0.368 e. The Labute approximate surface area is 227 Å². The molecule has 3 aromatic heterocycles. The van der Waals surface area contributed by atoms with Gasteiger partial charge >= 0.3 is 0 Å². The van der Waals surface area contributed by atoms with E-state index in [1.807, 2.05) is 43.7 Å². The van der Waals surface area contributed by atoms with Crippen LogP contribution in [0, 0.1) is 5.41 Å². The number of nitrogens with zero attached hydrogens (tertiary/aromatic N) is 3. The molecule has 198 valence electrons. The number of anilines is 1. The van der Waals surface area contributed by atoms with E-state index in [2.05, 4.69) is 10.3 Å². The lowest BCUT2D eigenvalue weighted by Crippen LogP contribution is -2.39. The highest BCUT2D eigenvalue weighted by molar-refractivity contribution is 7.18. The van der Waals surface area contributed by atoms with Crippen LogP contribution < -0.4 is 16.6 Å². The standard InChI is InChI=1S/C27H29N5O4S2/c1-27(2,3)11-23(35)31(13-21(28)33)12-17-7-4-5-8-19(17)30-22(34)14-32-16-29-25-24(26(32)36)18(15-38-25)20-9-6-10-37-20/h4-10,15-16H,11-14H2,1-3H3,(H2,28,33)(H,30,34). The van der Waals surface area contributed by atoms with Crippen LogP contribution in [-0.4, -0.2) is 38.7 Å². The number of nitrogens with two attached hydrogens (primary N) is 1. The molecule has 0 aliphatic heterocycles. The van der Waals surface area contributed by atoms with Crippen molar-refractivity contribution in [3.05, 3.63) is 69.4 Å². The fourth-order valence-electron chi connectivity index (χ4n) is 4.01. The van der Waals surface area contributed by atoms with E-state index in [9.17, 15) is 19.2 Å². The number of para-hydroxylation sites is 1. The first kappa shape index (κ1) is 27.2. The Morgan fingerprint density at radius 3 is 2.55 bits per heavy atom. The number of thiophene rings is 2. The molecule has 3 heterocycles. The van der Waals surface area contributed by atoms with Crippen molar-refractivity contribution >= 4 is 56.3 Å². The molecule has 11 heteroatoms. The fourth-order valence-corrected chi connectivity index (χ4v) is 5.73. The summed E-state index contributed by atoms with van der Waals surface area (Å²) in [5.41, 5.74) is 6.78. The smallest absolute Gasteiger partial charge is 0.263 e. The van der Waals surface area contributed by atoms with Crippen LogP contribution in [0.4, 0.5) is 5.69 Å². The molecule has 0 spiro atoms. The third-order valence-electron chi connectivity index (χ3n) is 5.69. The molecule has 1 aromatic carbocycles. The van der Waals surface area contributed by atoms with Gasteiger partial charge in [-0.1, -0.05) is 45.0 Å². The summed E-state index contributed by atoms with van der Waals surface area (Å²) in [6.07, 6.45) is 1.62. The van der Waals surface area contributed by atoms with Crippen molar-refractivity contribution in [3.8, 4) is 10.4 Å². The quantitative estimate of drug-likeness (QED) is 0.324. The van der Waals surface area contributed by atoms with E-state index in [0.717, 1.165) is 10.4 Å². The summed E-state index contributed by atoms with van der Waals surface area (Å²) < 4.78 is 1.29. The molecule has 0 radical (unpaired) electrons. The molecule has 0 unspecified atom stereocenters. The van der Waals surface area contributed by atoms with Gasteiger partial charge in [0.1, 0.15) is 11.4 Å². The highest BCUT2D eigenvalue weighted by Gasteiger charge is 2.23. The second-order valence-electron chi connectivity index (χ2n) is 10.1. The maximum Gasteiger partial charge on any atom is 0.263 e. The molecule has 0 aliphatic rings. The minimum atomic E-state index is -0.619. The Hall–Kier alpha value is -3.83. The number of carbonyl (C=O) groups is 3. The van der Waals surface area contributed by atoms with E-state index >= 15 is 0 Å². The average Bonchev–Trinajstić information content (AvgIpc) is 3.50. The van der Waals surface area contributed by atoms with E-state index in [1.54, 1.807) is 24.3 Å². The summed E-state index contributed by atoms with van der Waals surface area (Å²) in [6, 6.07) is 10.9. The Morgan fingerprint density at radius 1 is 1.11 bits per heavy atom. The van der Waals surface area contributed by atoms with Gasteiger partial charge in [0.2, 0.25) is 17.7 Å². The van der Waals surface area contributed by atoms with Gasteiger partial charge in [0.25, 0.3) is 5.56 Å². The fraction of sp³-hybridized carbons (Fsp3) is 0.296. The van der Waals surface area contributed by atoms with Gasteiger partial charge in [-0.05, 0) is 28.5 Å². The summed E-state index contributed by atoms with van der Waals surface area (Å²) in [5.74, 6) is -1.25. The first-order chi connectivity index (χ1) is 18.0. The van der Waals surface area contributed by atoms with Crippen molar-refractivity contribution in [2.75, 3.05) is 11.9 Å². The lowest BCUT2D eigenvalue weighted by atomic mass is 9.91. The van der Waals surface area contributed by atoms with Crippen molar-refractivity contribution < 1.29 is 14.4 Å². The van der Waals surface area contributed by atoms with Gasteiger partial charge in [0.05, 0.1) is 18.3 Å². The van der Waals surface area contributed by atoms with Crippen LogP contribution in [0.25, 0.3) is 20.7 Å². The Bertz CT molecular complexity index is 1530. The first-order valence-corrected chi connectivity index (χ1v) is 13.7. The number of aromatic nitrogens is 2. The highest BCUT2D eigenvalue weighted by atomic mass is 32.1. The minimum absolute atomic E-state index is 0.0981. The number of hydrogen-bond acceptors (Lipinski definition) is 7. The van der Waals surface area contributed by atoms with Crippen molar-refractivity contribution in [1.29, 1.82) is 0 Å². The molecular formula is C27H29N5O4S2. The van der Waals surface area contributed by atoms with Crippen LogP contribution in [0.5, 0.6) is 0 Å². The van der Waals surface area contributed by atoms with Gasteiger partial charge in [-0.3, -0.25) is 23.7 Å². The van der Waals surface area contributed by atoms with Gasteiger partial charge in [0, 0.05) is 34.5 Å². The predicted octanol–water partition coefficient (Wildman–Crippen LogP) is 4.08. The predicted molar refractivity (Wildman–Crippen MR) is 151 cm³/mol. The molecular weight excluding hydrogens is 522 g/mol. The number of rotatable bonds is 9. The maximum atomic E-state index is 13.3. The zero-order valence-corrected chi connectivity index (χ0v) is 23.0. The van der Waals surface area contributed by atoms with Crippen LogP contribution in [0.2, 0.25) is 0 Å². The molecule has 3 N–H and O–H groups in total. The minimum Gasteiger partial charge on any atom is -0.368 e. The van der Waals surface area contributed by atoms with E-state index in [0.29, 0.717) is 21.5 Å². The lowest BCUT2D eigenvalue weighted by molar-refractivity contribution is -0.137. The first-order valence-electron chi connectivity index (χ1n) is 12.0. The van der Waals surface area contributed by atoms with Crippen LogP contribution in [0.3, 0.4) is 0 Å². The number of fused-ring (bicyclic) bond motifs is 1. The number of carbonyl (C=O) groups excluding carboxylic acids is 3. The van der Waals surface area contributed by atoms with Crippen LogP contribution >= 0.6 is 22.7 Å². The third-order valence-corrected chi connectivity index (χ3v) is 7.48. The second-order valence-corrected chi connectivity index (χ2v) is 11.9. The molecule has 0 aliphatic carbocycles. The molecule has 0 fully saturated rings. The van der Waals surface area contributed by atoms with Crippen molar-refractivity contribution in [3.63, 3.8) is 0 Å². The number of primary amides is 1. The summed E-state index contributed by atoms with van der Waals surface area (Å²) >= 11 is 2.93. The summed E-state index contributed by atoms with van der Waals surface area (Å²) in [4.78, 5) is 58.2. The van der Waals surface area contributed by atoms with Gasteiger partial charge in [-0.2, -0.15) is 0 Å². The molecule has 4 rings (SSSR count). The molecule has 38 heavy (non-hydrogen) atoms. The zero-order chi connectivity index (χ0) is 27.4. The lowest BCUT2D eigenvalue weighted by Gasteiger charge is -2.26. The number of benzene rings is 1.